The van der Waals surface area contributed by atoms with Gasteiger partial charge in [-0.3, -0.25) is 10.2 Å². The molecule has 0 aromatic heterocycles. The molecule has 0 spiro atoms. The number of hydrogen-bond donors (Lipinski definition) is 2. The minimum absolute atomic E-state index is 0.0304. The van der Waals surface area contributed by atoms with Crippen LogP contribution >= 0.6 is 0 Å². The van der Waals surface area contributed by atoms with Gasteiger partial charge in [0.1, 0.15) is 17.4 Å². The minimum Gasteiger partial charge on any atom is -0.480 e. The predicted molar refractivity (Wildman–Crippen MR) is 62.6 cm³/mol. The fourth-order valence-corrected chi connectivity index (χ4v) is 1.49. The van der Waals surface area contributed by atoms with Crippen molar-refractivity contribution in [1.82, 2.24) is 5.43 Å². The van der Waals surface area contributed by atoms with E-state index in [0.717, 1.165) is 31.0 Å². The van der Waals surface area contributed by atoms with E-state index in [1.165, 1.54) is 0 Å². The number of nitrogens with two attached hydrogens (primary N) is 1. The molecule has 6 heteroatoms. The van der Waals surface area contributed by atoms with E-state index in [1.807, 2.05) is 12.3 Å². The standard InChI is InChI=1S/C12H16F2N2O2/c1-2-3-4-11(12(17)16-15)18-10-6-8(13)5-9(14)7-10/h5-7,11H,2-4,15H2,1H3,(H,16,17). The molecule has 3 N–H and O–H groups in total. The molecule has 0 heterocycles. The van der Waals surface area contributed by atoms with Gasteiger partial charge in [-0.15, -0.1) is 0 Å². The second-order valence-electron chi connectivity index (χ2n) is 3.86. The molecule has 0 aliphatic carbocycles. The average Bonchev–Trinajstić information content (AvgIpc) is 2.32. The third-order valence-electron chi connectivity index (χ3n) is 2.37. The van der Waals surface area contributed by atoms with Crippen LogP contribution in [0.2, 0.25) is 0 Å². The minimum atomic E-state index is -0.851. The van der Waals surface area contributed by atoms with Crippen LogP contribution in [0.15, 0.2) is 18.2 Å². The lowest BCUT2D eigenvalue weighted by atomic mass is 10.1. The fraction of sp³-hybridized carbons (Fsp3) is 0.417. The fourth-order valence-electron chi connectivity index (χ4n) is 1.49. The molecule has 1 aromatic carbocycles. The molecule has 4 nitrogen and oxygen atoms in total. The van der Waals surface area contributed by atoms with E-state index in [9.17, 15) is 13.6 Å². The molecule has 0 radical (unpaired) electrons. The number of amides is 1. The Hall–Kier alpha value is -1.69. The van der Waals surface area contributed by atoms with Gasteiger partial charge in [-0.1, -0.05) is 13.3 Å². The Labute approximate surface area is 104 Å². The van der Waals surface area contributed by atoms with Crippen LogP contribution in [-0.2, 0) is 4.79 Å². The van der Waals surface area contributed by atoms with E-state index in [1.54, 1.807) is 0 Å². The molecule has 0 fully saturated rings. The number of hydrazine groups is 1. The Morgan fingerprint density at radius 1 is 1.39 bits per heavy atom. The van der Waals surface area contributed by atoms with E-state index in [4.69, 9.17) is 10.6 Å². The van der Waals surface area contributed by atoms with Gasteiger partial charge in [-0.05, 0) is 12.8 Å². The number of halogens is 2. The molecule has 0 aliphatic heterocycles. The molecule has 1 rings (SSSR count). The van der Waals surface area contributed by atoms with Gasteiger partial charge in [0.2, 0.25) is 0 Å². The highest BCUT2D eigenvalue weighted by Crippen LogP contribution is 2.18. The van der Waals surface area contributed by atoms with Crippen molar-refractivity contribution >= 4 is 5.91 Å². The van der Waals surface area contributed by atoms with Gasteiger partial charge in [-0.2, -0.15) is 0 Å². The third-order valence-corrected chi connectivity index (χ3v) is 2.37. The van der Waals surface area contributed by atoms with E-state index in [-0.39, 0.29) is 5.75 Å². The Balaban J connectivity index is 2.78. The molecule has 0 saturated heterocycles. The van der Waals surface area contributed by atoms with Crippen LogP contribution < -0.4 is 16.0 Å². The van der Waals surface area contributed by atoms with Crippen LogP contribution in [0.3, 0.4) is 0 Å². The van der Waals surface area contributed by atoms with Crippen molar-refractivity contribution in [2.75, 3.05) is 0 Å². The van der Waals surface area contributed by atoms with Crippen molar-refractivity contribution in [2.24, 2.45) is 5.84 Å². The summed E-state index contributed by atoms with van der Waals surface area (Å²) in [4.78, 5) is 11.4. The smallest absolute Gasteiger partial charge is 0.274 e. The van der Waals surface area contributed by atoms with Gasteiger partial charge in [0.15, 0.2) is 6.10 Å². The van der Waals surface area contributed by atoms with Crippen LogP contribution in [0, 0.1) is 11.6 Å². The van der Waals surface area contributed by atoms with Crippen molar-refractivity contribution in [3.05, 3.63) is 29.8 Å². The van der Waals surface area contributed by atoms with E-state index in [2.05, 4.69) is 0 Å². The molecule has 100 valence electrons. The molecule has 0 bridgehead atoms. The molecule has 1 aromatic rings. The van der Waals surface area contributed by atoms with E-state index < -0.39 is 23.6 Å². The summed E-state index contributed by atoms with van der Waals surface area (Å²) in [6.07, 6.45) is 1.19. The van der Waals surface area contributed by atoms with Crippen LogP contribution in [0.4, 0.5) is 8.78 Å². The van der Waals surface area contributed by atoms with Crippen LogP contribution in [0.1, 0.15) is 26.2 Å². The van der Waals surface area contributed by atoms with Crippen LogP contribution in [-0.4, -0.2) is 12.0 Å². The van der Waals surface area contributed by atoms with E-state index in [0.29, 0.717) is 6.42 Å². The highest BCUT2D eigenvalue weighted by atomic mass is 19.1. The first-order valence-electron chi connectivity index (χ1n) is 5.70. The third kappa shape index (κ3) is 4.29. The molecule has 18 heavy (non-hydrogen) atoms. The molecule has 0 aliphatic rings. The SMILES string of the molecule is CCCCC(Oc1cc(F)cc(F)c1)C(=O)NN. The summed E-state index contributed by atoms with van der Waals surface area (Å²) in [5.74, 6) is 2.97. The van der Waals surface area contributed by atoms with Gasteiger partial charge in [0, 0.05) is 18.2 Å². The average molecular weight is 258 g/mol. The first-order valence-corrected chi connectivity index (χ1v) is 5.70. The number of unbranched alkanes of at least 4 members (excludes halogenated alkanes) is 1. The number of carbonyl (C=O) groups is 1. The molecular weight excluding hydrogens is 242 g/mol. The Morgan fingerprint density at radius 3 is 2.50 bits per heavy atom. The van der Waals surface area contributed by atoms with Crippen molar-refractivity contribution in [3.8, 4) is 5.75 Å². The molecule has 1 atom stereocenters. The zero-order valence-corrected chi connectivity index (χ0v) is 10.1. The lowest BCUT2D eigenvalue weighted by Crippen LogP contribution is -2.42. The Kier molecular flexibility index (Phi) is 5.51. The van der Waals surface area contributed by atoms with E-state index >= 15 is 0 Å². The van der Waals surface area contributed by atoms with Crippen molar-refractivity contribution in [3.63, 3.8) is 0 Å². The molecular formula is C12H16F2N2O2. The van der Waals surface area contributed by atoms with Crippen LogP contribution in [0.25, 0.3) is 0 Å². The number of nitrogens with one attached hydrogen (secondary N) is 1. The number of hydrogen-bond acceptors (Lipinski definition) is 3. The molecule has 1 unspecified atom stereocenters. The summed E-state index contributed by atoms with van der Waals surface area (Å²) < 4.78 is 31.2. The zero-order chi connectivity index (χ0) is 13.5. The van der Waals surface area contributed by atoms with Gasteiger partial charge in [0.05, 0.1) is 0 Å². The van der Waals surface area contributed by atoms with Crippen LogP contribution in [0.5, 0.6) is 5.75 Å². The quantitative estimate of drug-likeness (QED) is 0.465. The monoisotopic (exact) mass is 258 g/mol. The summed E-state index contributed by atoms with van der Waals surface area (Å²) in [6.45, 7) is 1.96. The second kappa shape index (κ2) is 6.90. The lowest BCUT2D eigenvalue weighted by Gasteiger charge is -2.17. The summed E-state index contributed by atoms with van der Waals surface area (Å²) in [6, 6.07) is 2.77. The van der Waals surface area contributed by atoms with Gasteiger partial charge in [-0.25, -0.2) is 14.6 Å². The summed E-state index contributed by atoms with van der Waals surface area (Å²) in [5.41, 5.74) is 1.97. The summed E-state index contributed by atoms with van der Waals surface area (Å²) in [5, 5.41) is 0. The highest BCUT2D eigenvalue weighted by molar-refractivity contribution is 5.80. The molecule has 0 saturated carbocycles. The zero-order valence-electron chi connectivity index (χ0n) is 10.1. The first-order chi connectivity index (χ1) is 8.56. The summed E-state index contributed by atoms with van der Waals surface area (Å²) >= 11 is 0. The highest BCUT2D eigenvalue weighted by Gasteiger charge is 2.19. The summed E-state index contributed by atoms with van der Waals surface area (Å²) in [7, 11) is 0. The maximum absolute atomic E-state index is 13.0. The maximum atomic E-state index is 13.0. The normalized spacial score (nSPS) is 12.0. The molecule has 1 amide bonds. The van der Waals surface area contributed by atoms with Crippen molar-refractivity contribution < 1.29 is 18.3 Å². The van der Waals surface area contributed by atoms with Crippen molar-refractivity contribution in [1.29, 1.82) is 0 Å². The predicted octanol–water partition coefficient (Wildman–Crippen LogP) is 1.89. The first kappa shape index (κ1) is 14.4. The second-order valence-corrected chi connectivity index (χ2v) is 3.86. The number of rotatable bonds is 6. The number of benzene rings is 1. The Bertz CT molecular complexity index is 393. The van der Waals surface area contributed by atoms with Gasteiger partial charge < -0.3 is 4.74 Å². The Morgan fingerprint density at radius 2 is 2.00 bits per heavy atom. The number of carbonyl (C=O) groups excluding carboxylic acids is 1. The number of ether oxygens (including phenoxy) is 1. The van der Waals surface area contributed by atoms with Crippen molar-refractivity contribution in [2.45, 2.75) is 32.3 Å². The largest absolute Gasteiger partial charge is 0.480 e. The topological polar surface area (TPSA) is 64.3 Å². The van der Waals surface area contributed by atoms with Gasteiger partial charge >= 0.3 is 0 Å². The lowest BCUT2D eigenvalue weighted by molar-refractivity contribution is -0.128. The van der Waals surface area contributed by atoms with Gasteiger partial charge in [0.25, 0.3) is 5.91 Å². The maximum Gasteiger partial charge on any atom is 0.274 e.